The normalized spacial score (nSPS) is 19.3. The van der Waals surface area contributed by atoms with E-state index in [4.69, 9.17) is 4.98 Å². The van der Waals surface area contributed by atoms with Gasteiger partial charge < -0.3 is 0 Å². The fourth-order valence-corrected chi connectivity index (χ4v) is 6.76. The van der Waals surface area contributed by atoms with Crippen molar-refractivity contribution in [2.45, 2.75) is 62.3 Å². The van der Waals surface area contributed by atoms with Crippen LogP contribution in [-0.2, 0) is 17.6 Å². The lowest BCUT2D eigenvalue weighted by Crippen LogP contribution is -2.26. The van der Waals surface area contributed by atoms with Crippen molar-refractivity contribution < 1.29 is 4.79 Å². The van der Waals surface area contributed by atoms with E-state index in [1.54, 1.807) is 15.9 Å². The Labute approximate surface area is 172 Å². The maximum Gasteiger partial charge on any atom is 0.267 e. The second kappa shape index (κ2) is 7.16. The Morgan fingerprint density at radius 3 is 2.68 bits per heavy atom. The summed E-state index contributed by atoms with van der Waals surface area (Å²) in [5.74, 6) is 0.287. The molecule has 1 atom stereocenters. The SMILES string of the molecule is Cc1ccc(-n2c(S[C@@H]3CCCCC3=O)nc3sc4c(c3c2=O)CCC4)cc1. The van der Waals surface area contributed by atoms with Crippen molar-refractivity contribution in [2.75, 3.05) is 0 Å². The average molecular weight is 411 g/mol. The van der Waals surface area contributed by atoms with Crippen molar-refractivity contribution in [1.82, 2.24) is 9.55 Å². The largest absolute Gasteiger partial charge is 0.298 e. The van der Waals surface area contributed by atoms with E-state index in [1.165, 1.54) is 22.2 Å². The molecule has 2 aromatic heterocycles. The number of fused-ring (bicyclic) bond motifs is 3. The maximum absolute atomic E-state index is 13.6. The molecule has 2 aliphatic rings. The molecule has 0 radical (unpaired) electrons. The summed E-state index contributed by atoms with van der Waals surface area (Å²) in [6.07, 6.45) is 6.68. The fourth-order valence-electron chi connectivity index (χ4n) is 4.23. The van der Waals surface area contributed by atoms with Crippen LogP contribution in [-0.4, -0.2) is 20.6 Å². The molecule has 4 nitrogen and oxygen atoms in total. The molecule has 1 fully saturated rings. The monoisotopic (exact) mass is 410 g/mol. The number of hydrogen-bond acceptors (Lipinski definition) is 5. The second-order valence-corrected chi connectivity index (χ2v) is 9.98. The summed E-state index contributed by atoms with van der Waals surface area (Å²) < 4.78 is 1.74. The minimum Gasteiger partial charge on any atom is -0.298 e. The van der Waals surface area contributed by atoms with E-state index < -0.39 is 0 Å². The standard InChI is InChI=1S/C22H22N2O2S2/c1-13-9-11-14(12-10-13)24-21(26)19-15-5-4-8-17(15)27-20(19)23-22(24)28-18-7-3-2-6-16(18)25/h9-12,18H,2-8H2,1H3/t18-/m1/s1. The fraction of sp³-hybridized carbons (Fsp3) is 0.409. The van der Waals surface area contributed by atoms with Gasteiger partial charge in [0.05, 0.1) is 16.3 Å². The van der Waals surface area contributed by atoms with Gasteiger partial charge in [-0.1, -0.05) is 35.9 Å². The van der Waals surface area contributed by atoms with Crippen LogP contribution in [0.3, 0.4) is 0 Å². The minimum absolute atomic E-state index is 0.0130. The lowest BCUT2D eigenvalue weighted by molar-refractivity contribution is -0.119. The third-order valence-electron chi connectivity index (χ3n) is 5.75. The van der Waals surface area contributed by atoms with Gasteiger partial charge in [-0.05, 0) is 56.7 Å². The van der Waals surface area contributed by atoms with Gasteiger partial charge in [0.2, 0.25) is 0 Å². The van der Waals surface area contributed by atoms with Crippen LogP contribution in [0.15, 0.2) is 34.2 Å². The Bertz CT molecular complexity index is 1130. The van der Waals surface area contributed by atoms with E-state index in [2.05, 4.69) is 0 Å². The zero-order valence-corrected chi connectivity index (χ0v) is 17.5. The van der Waals surface area contributed by atoms with Crippen LogP contribution >= 0.6 is 23.1 Å². The number of aromatic nitrogens is 2. The van der Waals surface area contributed by atoms with Crippen molar-refractivity contribution in [1.29, 1.82) is 0 Å². The summed E-state index contributed by atoms with van der Waals surface area (Å²) in [4.78, 5) is 33.1. The van der Waals surface area contributed by atoms with Crippen molar-refractivity contribution in [2.24, 2.45) is 0 Å². The topological polar surface area (TPSA) is 52.0 Å². The van der Waals surface area contributed by atoms with E-state index in [1.807, 2.05) is 31.2 Å². The molecule has 0 amide bonds. The summed E-state index contributed by atoms with van der Waals surface area (Å²) in [5.41, 5.74) is 3.19. The van der Waals surface area contributed by atoms with Gasteiger partial charge in [-0.3, -0.25) is 14.2 Å². The summed E-state index contributed by atoms with van der Waals surface area (Å²) in [6.45, 7) is 2.04. The molecule has 3 aromatic rings. The summed E-state index contributed by atoms with van der Waals surface area (Å²) >= 11 is 3.14. The highest BCUT2D eigenvalue weighted by atomic mass is 32.2. The van der Waals surface area contributed by atoms with Crippen LogP contribution in [0, 0.1) is 6.92 Å². The highest BCUT2D eigenvalue weighted by Gasteiger charge is 2.28. The zero-order valence-electron chi connectivity index (χ0n) is 15.9. The number of ketones is 1. The predicted octanol–water partition coefficient (Wildman–Crippen LogP) is 4.85. The second-order valence-electron chi connectivity index (χ2n) is 7.73. The molecule has 0 aliphatic heterocycles. The smallest absolute Gasteiger partial charge is 0.267 e. The highest BCUT2D eigenvalue weighted by Crippen LogP contribution is 2.37. The molecule has 2 aliphatic carbocycles. The van der Waals surface area contributed by atoms with Gasteiger partial charge in [0, 0.05) is 11.3 Å². The number of rotatable bonds is 3. The maximum atomic E-state index is 13.6. The Hall–Kier alpha value is -1.92. The third kappa shape index (κ3) is 3.03. The molecule has 5 rings (SSSR count). The van der Waals surface area contributed by atoms with Crippen LogP contribution in [0.2, 0.25) is 0 Å². The molecule has 0 unspecified atom stereocenters. The molecule has 0 saturated heterocycles. The Morgan fingerprint density at radius 2 is 1.89 bits per heavy atom. The van der Waals surface area contributed by atoms with E-state index >= 15 is 0 Å². The van der Waals surface area contributed by atoms with Crippen LogP contribution in [0.5, 0.6) is 0 Å². The van der Waals surface area contributed by atoms with Gasteiger partial charge in [-0.25, -0.2) is 4.98 Å². The van der Waals surface area contributed by atoms with Crippen LogP contribution in [0.25, 0.3) is 15.9 Å². The van der Waals surface area contributed by atoms with Crippen molar-refractivity contribution >= 4 is 39.1 Å². The van der Waals surface area contributed by atoms with Crippen molar-refractivity contribution in [3.05, 3.63) is 50.6 Å². The minimum atomic E-state index is -0.0957. The van der Waals surface area contributed by atoms with Crippen molar-refractivity contribution in [3.63, 3.8) is 0 Å². The van der Waals surface area contributed by atoms with E-state index in [9.17, 15) is 9.59 Å². The predicted molar refractivity (Wildman–Crippen MR) is 115 cm³/mol. The first-order chi connectivity index (χ1) is 13.6. The van der Waals surface area contributed by atoms with Crippen molar-refractivity contribution in [3.8, 4) is 5.69 Å². The molecule has 0 bridgehead atoms. The first-order valence-corrected chi connectivity index (χ1v) is 11.6. The first-order valence-electron chi connectivity index (χ1n) is 9.95. The summed E-state index contributed by atoms with van der Waals surface area (Å²) in [7, 11) is 0. The number of hydrogen-bond donors (Lipinski definition) is 0. The number of thioether (sulfide) groups is 1. The summed E-state index contributed by atoms with van der Waals surface area (Å²) in [5, 5.41) is 1.35. The third-order valence-corrected chi connectivity index (χ3v) is 8.20. The molecule has 144 valence electrons. The number of carbonyl (C=O) groups is 1. The molecule has 0 N–H and O–H groups in total. The number of carbonyl (C=O) groups excluding carboxylic acids is 1. The van der Waals surface area contributed by atoms with Crippen LogP contribution in [0.1, 0.15) is 48.1 Å². The number of nitrogens with zero attached hydrogens (tertiary/aromatic N) is 2. The molecular formula is C22H22N2O2S2. The Kier molecular flexibility index (Phi) is 4.63. The average Bonchev–Trinajstić information content (AvgIpc) is 3.26. The molecule has 6 heteroatoms. The Morgan fingerprint density at radius 1 is 1.07 bits per heavy atom. The first kappa shape index (κ1) is 18.1. The van der Waals surface area contributed by atoms with E-state index in [0.717, 1.165) is 60.0 Å². The number of aryl methyl sites for hydroxylation is 3. The van der Waals surface area contributed by atoms with Crippen LogP contribution < -0.4 is 5.56 Å². The molecule has 2 heterocycles. The van der Waals surface area contributed by atoms with Gasteiger partial charge in [0.15, 0.2) is 5.16 Å². The van der Waals surface area contributed by atoms with Crippen LogP contribution in [0.4, 0.5) is 0 Å². The lowest BCUT2D eigenvalue weighted by atomic mass is 9.99. The van der Waals surface area contributed by atoms with Gasteiger partial charge in [0.25, 0.3) is 5.56 Å². The number of thiophene rings is 1. The quantitative estimate of drug-likeness (QED) is 0.579. The Balaban J connectivity index is 1.71. The highest BCUT2D eigenvalue weighted by molar-refractivity contribution is 8.00. The lowest BCUT2D eigenvalue weighted by Gasteiger charge is -2.21. The molecular weight excluding hydrogens is 388 g/mol. The number of Topliss-reactive ketones (excluding diaryl/α,β-unsaturated/α-hetero) is 1. The van der Waals surface area contributed by atoms with E-state index in [0.29, 0.717) is 11.6 Å². The molecule has 28 heavy (non-hydrogen) atoms. The van der Waals surface area contributed by atoms with Gasteiger partial charge in [0.1, 0.15) is 10.6 Å². The van der Waals surface area contributed by atoms with Gasteiger partial charge in [-0.2, -0.15) is 0 Å². The molecule has 1 saturated carbocycles. The van der Waals surface area contributed by atoms with E-state index in [-0.39, 0.29) is 16.6 Å². The van der Waals surface area contributed by atoms with Gasteiger partial charge >= 0.3 is 0 Å². The van der Waals surface area contributed by atoms with Gasteiger partial charge in [-0.15, -0.1) is 11.3 Å². The molecule has 0 spiro atoms. The number of benzene rings is 1. The molecule has 1 aromatic carbocycles. The summed E-state index contributed by atoms with van der Waals surface area (Å²) in [6, 6.07) is 7.99. The zero-order chi connectivity index (χ0) is 19.3.